The van der Waals surface area contributed by atoms with E-state index in [-0.39, 0.29) is 6.61 Å². The van der Waals surface area contributed by atoms with E-state index in [4.69, 9.17) is 4.74 Å². The van der Waals surface area contributed by atoms with Crippen molar-refractivity contribution in [1.29, 1.82) is 0 Å². The zero-order chi connectivity index (χ0) is 13.4. The molecule has 0 N–H and O–H groups in total. The Morgan fingerprint density at radius 2 is 2.06 bits per heavy atom. The summed E-state index contributed by atoms with van der Waals surface area (Å²) in [5.74, 6) is 0. The molecule has 4 heteroatoms. The summed E-state index contributed by atoms with van der Waals surface area (Å²) in [5.41, 5.74) is 0. The van der Waals surface area contributed by atoms with E-state index in [9.17, 15) is 8.78 Å². The Labute approximate surface area is 113 Å². The van der Waals surface area contributed by atoms with E-state index in [0.717, 1.165) is 0 Å². The van der Waals surface area contributed by atoms with Crippen molar-refractivity contribution in [2.45, 2.75) is 30.7 Å². The van der Waals surface area contributed by atoms with Gasteiger partial charge in [-0.05, 0) is 0 Å². The van der Waals surface area contributed by atoms with Gasteiger partial charge in [-0.2, -0.15) is 0 Å². The molecular formula is C14H18F2OSe. The molecule has 0 amide bonds. The van der Waals surface area contributed by atoms with E-state index in [2.05, 4.69) is 6.58 Å². The molecule has 1 nitrogen and oxygen atoms in total. The van der Waals surface area contributed by atoms with Crippen LogP contribution in [-0.4, -0.2) is 32.5 Å². The van der Waals surface area contributed by atoms with Crippen LogP contribution in [0, 0.1) is 0 Å². The van der Waals surface area contributed by atoms with Crippen LogP contribution in [0.1, 0.15) is 19.8 Å². The van der Waals surface area contributed by atoms with Crippen LogP contribution < -0.4 is 4.46 Å². The van der Waals surface area contributed by atoms with E-state index in [1.807, 2.05) is 13.0 Å². The van der Waals surface area contributed by atoms with Gasteiger partial charge in [-0.1, -0.05) is 0 Å². The van der Waals surface area contributed by atoms with Gasteiger partial charge in [0.15, 0.2) is 0 Å². The predicted molar refractivity (Wildman–Crippen MR) is 71.6 cm³/mol. The van der Waals surface area contributed by atoms with Crippen LogP contribution in [0.25, 0.3) is 0 Å². The third-order valence-electron chi connectivity index (χ3n) is 2.34. The van der Waals surface area contributed by atoms with Crippen LogP contribution in [-0.2, 0) is 4.74 Å². The summed E-state index contributed by atoms with van der Waals surface area (Å²) in [6.45, 7) is 5.55. The van der Waals surface area contributed by atoms with Gasteiger partial charge in [-0.3, -0.25) is 0 Å². The molecule has 0 heterocycles. The van der Waals surface area contributed by atoms with Crippen molar-refractivity contribution >= 4 is 19.4 Å². The van der Waals surface area contributed by atoms with E-state index in [0.29, 0.717) is 17.3 Å². The van der Waals surface area contributed by atoms with Gasteiger partial charge in [-0.25, -0.2) is 0 Å². The van der Waals surface area contributed by atoms with Gasteiger partial charge in [0.05, 0.1) is 0 Å². The molecule has 1 rings (SSSR count). The maximum atomic E-state index is 14.2. The van der Waals surface area contributed by atoms with Gasteiger partial charge in [0.1, 0.15) is 0 Å². The van der Waals surface area contributed by atoms with Crippen LogP contribution in [0.4, 0.5) is 8.78 Å². The van der Waals surface area contributed by atoms with Crippen molar-refractivity contribution in [3.8, 4) is 0 Å². The monoisotopic (exact) mass is 320 g/mol. The predicted octanol–water partition coefficient (Wildman–Crippen LogP) is 2.98. The average Bonchev–Trinajstić information content (AvgIpc) is 2.35. The van der Waals surface area contributed by atoms with Gasteiger partial charge < -0.3 is 0 Å². The second kappa shape index (κ2) is 7.67. The Morgan fingerprint density at radius 3 is 2.61 bits per heavy atom. The zero-order valence-corrected chi connectivity index (χ0v) is 12.2. The zero-order valence-electron chi connectivity index (χ0n) is 10.4. The van der Waals surface area contributed by atoms with Crippen molar-refractivity contribution in [3.05, 3.63) is 43.0 Å². The first kappa shape index (κ1) is 15.4. The summed E-state index contributed by atoms with van der Waals surface area (Å²) in [6, 6.07) is 8.88. The first-order valence-corrected chi connectivity index (χ1v) is 7.65. The molecule has 0 radical (unpaired) electrons. The Morgan fingerprint density at radius 1 is 1.39 bits per heavy atom. The van der Waals surface area contributed by atoms with Gasteiger partial charge in [0.2, 0.25) is 0 Å². The molecule has 0 aromatic heterocycles. The third kappa shape index (κ3) is 4.89. The second-order valence-electron chi connectivity index (χ2n) is 3.88. The van der Waals surface area contributed by atoms with Gasteiger partial charge in [-0.15, -0.1) is 0 Å². The molecule has 0 aliphatic heterocycles. The molecule has 1 unspecified atom stereocenters. The first-order chi connectivity index (χ1) is 8.60. The Bertz CT molecular complexity index is 354. The molecular weight excluding hydrogens is 301 g/mol. The fraction of sp³-hybridized carbons (Fsp3) is 0.429. The number of hydrogen-bond donors (Lipinski definition) is 0. The standard InChI is InChI=1S/C14H18F2OSe/c1-3-8-13(17-11-4-2)14(15,16)18-12-9-6-5-7-10-12/h4-7,9-10,13H,2-3,8,11H2,1H3. The topological polar surface area (TPSA) is 9.23 Å². The molecule has 1 aromatic carbocycles. The summed E-state index contributed by atoms with van der Waals surface area (Å²) in [5, 5.41) is 0. The number of ether oxygens (including phenoxy) is 1. The quantitative estimate of drug-likeness (QED) is 0.529. The minimum absolute atomic E-state index is 0.172. The molecule has 0 aliphatic rings. The molecule has 0 fully saturated rings. The van der Waals surface area contributed by atoms with Gasteiger partial charge >= 0.3 is 113 Å². The van der Waals surface area contributed by atoms with Gasteiger partial charge in [0.25, 0.3) is 0 Å². The number of benzene rings is 1. The Hall–Kier alpha value is -0.701. The maximum absolute atomic E-state index is 14.2. The van der Waals surface area contributed by atoms with Crippen LogP contribution >= 0.6 is 0 Å². The molecule has 18 heavy (non-hydrogen) atoms. The van der Waals surface area contributed by atoms with E-state index in [1.54, 1.807) is 24.3 Å². The summed E-state index contributed by atoms with van der Waals surface area (Å²) in [7, 11) is 0. The number of halogens is 2. The number of alkyl halides is 2. The van der Waals surface area contributed by atoms with Crippen LogP contribution in [0.2, 0.25) is 0 Å². The molecule has 0 saturated carbocycles. The van der Waals surface area contributed by atoms with Crippen LogP contribution in [0.3, 0.4) is 0 Å². The van der Waals surface area contributed by atoms with E-state index in [1.165, 1.54) is 6.08 Å². The summed E-state index contributed by atoms with van der Waals surface area (Å²) in [6.07, 6.45) is 1.55. The number of hydrogen-bond acceptors (Lipinski definition) is 1. The summed E-state index contributed by atoms with van der Waals surface area (Å²) < 4.78 is 34.2. The SMILES string of the molecule is C=CCOC(CCC)C(F)(F)[Se]c1ccccc1. The first-order valence-electron chi connectivity index (χ1n) is 5.94. The van der Waals surface area contributed by atoms with Crippen LogP contribution in [0.5, 0.6) is 0 Å². The molecule has 0 aliphatic carbocycles. The van der Waals surface area contributed by atoms with E-state index >= 15 is 0 Å². The fourth-order valence-corrected chi connectivity index (χ4v) is 3.45. The molecule has 0 saturated heterocycles. The van der Waals surface area contributed by atoms with Crippen LogP contribution in [0.15, 0.2) is 43.0 Å². The average molecular weight is 319 g/mol. The fourth-order valence-electron chi connectivity index (χ4n) is 1.51. The normalized spacial score (nSPS) is 13.3. The van der Waals surface area contributed by atoms with Crippen molar-refractivity contribution < 1.29 is 13.5 Å². The second-order valence-corrected chi connectivity index (χ2v) is 6.44. The minimum atomic E-state index is -2.78. The Balaban J connectivity index is 2.70. The van der Waals surface area contributed by atoms with Crippen molar-refractivity contribution in [1.82, 2.24) is 0 Å². The van der Waals surface area contributed by atoms with Crippen molar-refractivity contribution in [3.63, 3.8) is 0 Å². The summed E-state index contributed by atoms with van der Waals surface area (Å²) in [4.78, 5) is -2.78. The molecule has 1 atom stereocenters. The number of rotatable bonds is 8. The molecule has 0 spiro atoms. The van der Waals surface area contributed by atoms with Gasteiger partial charge in [0, 0.05) is 0 Å². The molecule has 0 bridgehead atoms. The third-order valence-corrected chi connectivity index (χ3v) is 4.53. The van der Waals surface area contributed by atoms with Crippen molar-refractivity contribution in [2.24, 2.45) is 0 Å². The van der Waals surface area contributed by atoms with Crippen molar-refractivity contribution in [2.75, 3.05) is 6.61 Å². The summed E-state index contributed by atoms with van der Waals surface area (Å²) >= 11 is -0.907. The molecule has 1 aromatic rings. The van der Waals surface area contributed by atoms with E-state index < -0.39 is 25.9 Å². The Kier molecular flexibility index (Phi) is 6.55. The molecule has 100 valence electrons.